The number of ketones is 1. The minimum atomic E-state index is -0.960. The Balaban J connectivity index is 2.48. The largest absolute Gasteiger partial charge is 0.379 e. The third-order valence-electron chi connectivity index (χ3n) is 10.6. The van der Waals surface area contributed by atoms with E-state index in [9.17, 15) is 15.0 Å². The molecule has 10 heteroatoms. The van der Waals surface area contributed by atoms with Gasteiger partial charge in [-0.15, -0.1) is 0 Å². The molecule has 12 N–H and O–H groups in total. The molecule has 284 valence electrons. The van der Waals surface area contributed by atoms with Crippen molar-refractivity contribution in [1.29, 1.82) is 0 Å². The topological polar surface area (TPSA) is 189 Å². The van der Waals surface area contributed by atoms with E-state index in [1.165, 1.54) is 70.6 Å². The number of nitrogens with two attached hydrogens (primary N) is 4. The Hall–Kier alpha value is -0.980. The zero-order valence-electron chi connectivity index (χ0n) is 31.4. The first-order chi connectivity index (χ1) is 23.0. The Labute approximate surface area is 295 Å². The number of carbonyl (C=O) groups is 1. The summed E-state index contributed by atoms with van der Waals surface area (Å²) in [6, 6.07) is -0.817. The van der Waals surface area contributed by atoms with Gasteiger partial charge in [0.2, 0.25) is 6.17 Å². The lowest BCUT2D eigenvalue weighted by Crippen LogP contribution is -2.57. The molecule has 0 aromatic heterocycles. The molecule has 0 spiro atoms. The van der Waals surface area contributed by atoms with Gasteiger partial charge in [0.15, 0.2) is 5.78 Å². The van der Waals surface area contributed by atoms with E-state index in [1.807, 2.05) is 11.5 Å². The molecule has 1 aliphatic carbocycles. The lowest BCUT2D eigenvalue weighted by Gasteiger charge is -2.36. The number of hydrogen-bond donors (Lipinski definition) is 8. The number of Topliss-reactive ketones (excluding diaryl/α,β-unsaturated/α-hetero) is 1. The van der Waals surface area contributed by atoms with Crippen molar-refractivity contribution < 1.29 is 19.6 Å². The predicted molar refractivity (Wildman–Crippen MR) is 201 cm³/mol. The highest BCUT2D eigenvalue weighted by Crippen LogP contribution is 2.32. The van der Waals surface area contributed by atoms with Gasteiger partial charge in [-0.2, -0.15) is 0 Å². The van der Waals surface area contributed by atoms with Gasteiger partial charge < -0.3 is 27.4 Å². The van der Waals surface area contributed by atoms with E-state index in [0.717, 1.165) is 57.9 Å². The lowest BCUT2D eigenvalue weighted by atomic mass is 9.75. The molecule has 10 nitrogen and oxygen atoms in total. The first-order valence-corrected chi connectivity index (χ1v) is 20.0. The SMILES string of the molecule is C=[N+](CCCC(CCC1CC(C)CC(NC(O)C(CCCN)NC(O)CCCCCCCCCCCCCCC)C1=O)C(N)N)C(C)N. The maximum atomic E-state index is 13.6. The van der Waals surface area contributed by atoms with Gasteiger partial charge in [0.1, 0.15) is 25.7 Å². The highest BCUT2D eigenvalue weighted by atomic mass is 16.3. The summed E-state index contributed by atoms with van der Waals surface area (Å²) in [6.45, 7) is 11.6. The molecule has 0 heterocycles. The van der Waals surface area contributed by atoms with Crippen LogP contribution in [0.2, 0.25) is 0 Å². The minimum absolute atomic E-state index is 0.0929. The first-order valence-electron chi connectivity index (χ1n) is 20.0. The molecule has 1 saturated carbocycles. The number of nitrogens with zero attached hydrogens (tertiary/aromatic N) is 1. The number of rotatable bonds is 31. The molecule has 1 fully saturated rings. The Morgan fingerprint density at radius 2 is 1.42 bits per heavy atom. The van der Waals surface area contributed by atoms with Crippen molar-refractivity contribution in [3.63, 3.8) is 0 Å². The van der Waals surface area contributed by atoms with Crippen LogP contribution in [0.25, 0.3) is 0 Å². The highest BCUT2D eigenvalue weighted by molar-refractivity contribution is 5.87. The number of aliphatic hydroxyl groups excluding tert-OH is 2. The summed E-state index contributed by atoms with van der Waals surface area (Å²) in [5, 5.41) is 28.5. The van der Waals surface area contributed by atoms with Crippen molar-refractivity contribution in [2.24, 2.45) is 40.7 Å². The molecule has 48 heavy (non-hydrogen) atoms. The molecular formula is C38H80N7O3+. The molecule has 1 aliphatic rings. The maximum Gasteiger partial charge on any atom is 0.200 e. The average molecular weight is 683 g/mol. The van der Waals surface area contributed by atoms with Crippen molar-refractivity contribution >= 4 is 12.5 Å². The second-order valence-electron chi connectivity index (χ2n) is 15.2. The van der Waals surface area contributed by atoms with Gasteiger partial charge in [0.05, 0.1) is 12.2 Å². The monoisotopic (exact) mass is 683 g/mol. The van der Waals surface area contributed by atoms with Crippen LogP contribution in [0.5, 0.6) is 0 Å². The van der Waals surface area contributed by atoms with Gasteiger partial charge in [-0.25, -0.2) is 4.58 Å². The fourth-order valence-corrected chi connectivity index (χ4v) is 7.29. The van der Waals surface area contributed by atoms with Gasteiger partial charge in [0, 0.05) is 25.3 Å². The quantitative estimate of drug-likeness (QED) is 0.0220. The highest BCUT2D eigenvalue weighted by Gasteiger charge is 2.37. The van der Waals surface area contributed by atoms with Crippen LogP contribution in [0, 0.1) is 17.8 Å². The summed E-state index contributed by atoms with van der Waals surface area (Å²) in [6.07, 6.45) is 21.3. The molecule has 0 aromatic carbocycles. The summed E-state index contributed by atoms with van der Waals surface area (Å²) >= 11 is 0. The number of nitrogens with one attached hydrogen (secondary N) is 2. The van der Waals surface area contributed by atoms with Crippen molar-refractivity contribution in [3.05, 3.63) is 0 Å². The lowest BCUT2D eigenvalue weighted by molar-refractivity contribution is -0.554. The minimum Gasteiger partial charge on any atom is -0.379 e. The van der Waals surface area contributed by atoms with Crippen LogP contribution in [0.3, 0.4) is 0 Å². The van der Waals surface area contributed by atoms with E-state index in [4.69, 9.17) is 22.9 Å². The maximum absolute atomic E-state index is 13.6. The Bertz CT molecular complexity index is 815. The molecule has 0 amide bonds. The first kappa shape index (κ1) is 45.0. The summed E-state index contributed by atoms with van der Waals surface area (Å²) < 4.78 is 1.86. The molecule has 8 unspecified atom stereocenters. The van der Waals surface area contributed by atoms with E-state index in [-0.39, 0.29) is 23.8 Å². The molecule has 0 radical (unpaired) electrons. The number of carbonyl (C=O) groups excluding carboxylic acids is 1. The average Bonchev–Trinajstić information content (AvgIpc) is 3.04. The predicted octanol–water partition coefficient (Wildman–Crippen LogP) is 4.81. The molecular weight excluding hydrogens is 602 g/mol. The van der Waals surface area contributed by atoms with Gasteiger partial charge in [0.25, 0.3) is 0 Å². The second kappa shape index (κ2) is 27.7. The molecule has 0 aromatic rings. The standard InChI is InChI=1S/C38H80N7O3/c1-5-6-7-8-9-10-11-12-13-14-15-16-17-22-35(46)43-33(21-18-25-39)38(48)44-34-28-29(2)27-32(36(34)47)24-23-31(37(41)42)20-19-26-45(4)30(3)40/h29-35,37-38,43-44,46,48H,4-28,39-42H2,1-3H3/q+1. The smallest absolute Gasteiger partial charge is 0.200 e. The van der Waals surface area contributed by atoms with Gasteiger partial charge in [-0.1, -0.05) is 90.9 Å². The van der Waals surface area contributed by atoms with Crippen LogP contribution in [0.1, 0.15) is 162 Å². The van der Waals surface area contributed by atoms with E-state index in [1.54, 1.807) is 0 Å². The zero-order valence-corrected chi connectivity index (χ0v) is 31.4. The van der Waals surface area contributed by atoms with Gasteiger partial charge in [-0.05, 0) is 76.2 Å². The van der Waals surface area contributed by atoms with Gasteiger partial charge in [-0.3, -0.25) is 21.2 Å². The van der Waals surface area contributed by atoms with Crippen LogP contribution in [-0.4, -0.2) is 77.2 Å². The van der Waals surface area contributed by atoms with Crippen molar-refractivity contribution in [2.75, 3.05) is 13.1 Å². The Morgan fingerprint density at radius 3 is 1.96 bits per heavy atom. The van der Waals surface area contributed by atoms with E-state index in [0.29, 0.717) is 31.7 Å². The molecule has 8 atom stereocenters. The van der Waals surface area contributed by atoms with Crippen molar-refractivity contribution in [1.82, 2.24) is 10.6 Å². The molecule has 0 saturated heterocycles. The van der Waals surface area contributed by atoms with Crippen LogP contribution in [-0.2, 0) is 4.79 Å². The van der Waals surface area contributed by atoms with E-state index >= 15 is 0 Å². The van der Waals surface area contributed by atoms with Crippen LogP contribution in [0.4, 0.5) is 0 Å². The summed E-state index contributed by atoms with van der Waals surface area (Å²) in [4.78, 5) is 13.6. The van der Waals surface area contributed by atoms with Crippen LogP contribution >= 0.6 is 0 Å². The third-order valence-corrected chi connectivity index (χ3v) is 10.6. The van der Waals surface area contributed by atoms with Crippen molar-refractivity contribution in [2.45, 2.75) is 199 Å². The van der Waals surface area contributed by atoms with E-state index < -0.39 is 30.7 Å². The second-order valence-corrected chi connectivity index (χ2v) is 15.2. The third kappa shape index (κ3) is 20.6. The molecule has 1 rings (SSSR count). The van der Waals surface area contributed by atoms with E-state index in [2.05, 4.69) is 31.2 Å². The summed E-state index contributed by atoms with van der Waals surface area (Å²) in [7, 11) is 0. The number of hydrogen-bond acceptors (Lipinski definition) is 9. The molecule has 0 aliphatic heterocycles. The summed E-state index contributed by atoms with van der Waals surface area (Å²) in [5.41, 5.74) is 24.0. The van der Waals surface area contributed by atoms with Crippen LogP contribution < -0.4 is 33.6 Å². The Kier molecular flexibility index (Phi) is 26.0. The normalized spacial score (nSPS) is 21.7. The van der Waals surface area contributed by atoms with Crippen LogP contribution in [0.15, 0.2) is 0 Å². The fourth-order valence-electron chi connectivity index (χ4n) is 7.29. The number of aliphatic hydroxyl groups is 2. The zero-order chi connectivity index (χ0) is 35.7. The summed E-state index contributed by atoms with van der Waals surface area (Å²) in [5.74, 6) is 0.534. The fraction of sp³-hybridized carbons (Fsp3) is 0.947. The Morgan fingerprint density at radius 1 is 0.833 bits per heavy atom. The van der Waals surface area contributed by atoms with Crippen molar-refractivity contribution in [3.8, 4) is 0 Å². The molecule has 0 bridgehead atoms. The van der Waals surface area contributed by atoms with Gasteiger partial charge >= 0.3 is 0 Å². The number of unbranched alkanes of at least 4 members (excludes halogenated alkanes) is 12.